The van der Waals surface area contributed by atoms with Crippen molar-refractivity contribution in [2.75, 3.05) is 0 Å². The third kappa shape index (κ3) is 1.61. The predicted octanol–water partition coefficient (Wildman–Crippen LogP) is 1.85. The number of carbonyl (C=O) groups is 1. The second-order valence-electron chi connectivity index (χ2n) is 6.48. The van der Waals surface area contributed by atoms with E-state index < -0.39 is 17.6 Å². The summed E-state index contributed by atoms with van der Waals surface area (Å²) in [5.41, 5.74) is 0.309. The second kappa shape index (κ2) is 4.29. The van der Waals surface area contributed by atoms with Crippen LogP contribution >= 0.6 is 0 Å². The second-order valence-corrected chi connectivity index (χ2v) is 6.48. The van der Waals surface area contributed by atoms with Crippen LogP contribution in [-0.4, -0.2) is 28.2 Å². The molecule has 0 saturated heterocycles. The Morgan fingerprint density at radius 2 is 2.05 bits per heavy atom. The Kier molecular flexibility index (Phi) is 2.95. The zero-order valence-corrected chi connectivity index (χ0v) is 11.5. The number of rotatable bonds is 0. The first-order chi connectivity index (χ1) is 8.98. The largest absolute Gasteiger partial charge is 0.392 e. The Morgan fingerprint density at radius 1 is 1.32 bits per heavy atom. The number of allylic oxidation sites excluding steroid dienone is 1. The normalized spacial score (nSPS) is 49.4. The molecule has 0 heterocycles. The highest BCUT2D eigenvalue weighted by atomic mass is 16.3. The van der Waals surface area contributed by atoms with Gasteiger partial charge >= 0.3 is 0 Å². The Hall–Kier alpha value is -0.930. The molecule has 0 aromatic rings. The zero-order valence-electron chi connectivity index (χ0n) is 11.5. The van der Waals surface area contributed by atoms with Crippen LogP contribution in [0.3, 0.4) is 0 Å². The molecular weight excluding hydrogens is 240 g/mol. The maximum Gasteiger partial charge on any atom is 0.143 e. The molecule has 0 bridgehead atoms. The summed E-state index contributed by atoms with van der Waals surface area (Å²) in [5, 5.41) is 20.7. The summed E-state index contributed by atoms with van der Waals surface area (Å²) in [6.45, 7) is 3.86. The van der Waals surface area contributed by atoms with Crippen molar-refractivity contribution in [1.82, 2.24) is 0 Å². The van der Waals surface area contributed by atoms with Crippen molar-refractivity contribution in [3.8, 4) is 0 Å². The fourth-order valence-electron chi connectivity index (χ4n) is 4.40. The van der Waals surface area contributed by atoms with Gasteiger partial charge in [-0.2, -0.15) is 0 Å². The van der Waals surface area contributed by atoms with Gasteiger partial charge in [-0.1, -0.05) is 25.2 Å². The molecule has 1 saturated carbocycles. The first-order valence-corrected chi connectivity index (χ1v) is 7.24. The van der Waals surface area contributed by atoms with Crippen molar-refractivity contribution in [2.24, 2.45) is 23.2 Å². The van der Waals surface area contributed by atoms with Gasteiger partial charge in [-0.15, -0.1) is 0 Å². The first-order valence-electron chi connectivity index (χ1n) is 7.24. The number of Topliss-reactive ketones (excluding diaryl/α,β-unsaturated/α-hetero) is 1. The first kappa shape index (κ1) is 13.1. The van der Waals surface area contributed by atoms with Crippen LogP contribution in [0.4, 0.5) is 0 Å². The Balaban J connectivity index is 2.17. The molecule has 0 aromatic heterocycles. The SMILES string of the molecule is CC1=CC2C(O)CC[C@]23C(=O)[C@H](C)CC=CC3[C@H]1O. The van der Waals surface area contributed by atoms with Crippen molar-refractivity contribution in [3.05, 3.63) is 23.8 Å². The number of ketones is 1. The van der Waals surface area contributed by atoms with E-state index in [1.807, 2.05) is 32.1 Å². The van der Waals surface area contributed by atoms with Crippen LogP contribution in [0.2, 0.25) is 0 Å². The maximum absolute atomic E-state index is 12.9. The fraction of sp³-hybridized carbons (Fsp3) is 0.688. The zero-order chi connectivity index (χ0) is 13.8. The lowest BCUT2D eigenvalue weighted by Gasteiger charge is -2.45. The highest BCUT2D eigenvalue weighted by Crippen LogP contribution is 2.57. The molecular formula is C16H22O3. The summed E-state index contributed by atoms with van der Waals surface area (Å²) < 4.78 is 0. The van der Waals surface area contributed by atoms with Crippen LogP contribution in [0.5, 0.6) is 0 Å². The van der Waals surface area contributed by atoms with Gasteiger partial charge in [0.15, 0.2) is 0 Å². The minimum atomic E-state index is -0.591. The topological polar surface area (TPSA) is 57.5 Å². The van der Waals surface area contributed by atoms with Gasteiger partial charge in [0.2, 0.25) is 0 Å². The molecule has 0 radical (unpaired) electrons. The van der Waals surface area contributed by atoms with Gasteiger partial charge in [-0.25, -0.2) is 0 Å². The summed E-state index contributed by atoms with van der Waals surface area (Å²) >= 11 is 0. The van der Waals surface area contributed by atoms with E-state index in [1.165, 1.54) is 0 Å². The van der Waals surface area contributed by atoms with Crippen molar-refractivity contribution in [3.63, 3.8) is 0 Å². The number of aliphatic hydroxyl groups excluding tert-OH is 2. The van der Waals surface area contributed by atoms with Crippen LogP contribution in [-0.2, 0) is 4.79 Å². The molecule has 3 aliphatic carbocycles. The molecule has 3 heteroatoms. The standard InChI is InChI=1S/C16H22O3/c1-9-4-3-5-11-14(18)10(2)8-12-13(17)6-7-16(11,12)15(9)19/h3,5,8-9,11-14,17-18H,4,6-7H2,1-2H3/t9-,11?,12?,13?,14+,16-/m1/s1. The van der Waals surface area contributed by atoms with Gasteiger partial charge in [0.1, 0.15) is 5.78 Å². The summed E-state index contributed by atoms with van der Waals surface area (Å²) in [6.07, 6.45) is 7.05. The molecule has 3 rings (SSSR count). The number of carbonyl (C=O) groups excluding carboxylic acids is 1. The maximum atomic E-state index is 12.9. The van der Waals surface area contributed by atoms with Crippen LogP contribution in [0.1, 0.15) is 33.1 Å². The Morgan fingerprint density at radius 3 is 2.79 bits per heavy atom. The summed E-state index contributed by atoms with van der Waals surface area (Å²) in [5.74, 6) is -0.0874. The summed E-state index contributed by atoms with van der Waals surface area (Å²) in [6, 6.07) is 0. The molecule has 3 nitrogen and oxygen atoms in total. The van der Waals surface area contributed by atoms with E-state index >= 15 is 0 Å². The van der Waals surface area contributed by atoms with Gasteiger partial charge in [-0.05, 0) is 31.8 Å². The molecule has 19 heavy (non-hydrogen) atoms. The third-order valence-electron chi connectivity index (χ3n) is 5.45. The highest BCUT2D eigenvalue weighted by Gasteiger charge is 2.60. The molecule has 3 aliphatic rings. The lowest BCUT2D eigenvalue weighted by Crippen LogP contribution is -2.51. The molecule has 6 atom stereocenters. The minimum absolute atomic E-state index is 0.0203. The van der Waals surface area contributed by atoms with E-state index in [-0.39, 0.29) is 23.5 Å². The van der Waals surface area contributed by atoms with Crippen LogP contribution in [0.15, 0.2) is 23.8 Å². The van der Waals surface area contributed by atoms with Crippen LogP contribution < -0.4 is 0 Å². The van der Waals surface area contributed by atoms with Gasteiger partial charge in [0, 0.05) is 23.2 Å². The van der Waals surface area contributed by atoms with Crippen molar-refractivity contribution >= 4 is 5.78 Å². The van der Waals surface area contributed by atoms with Gasteiger partial charge in [-0.3, -0.25) is 4.79 Å². The molecule has 0 amide bonds. The van der Waals surface area contributed by atoms with Crippen molar-refractivity contribution in [1.29, 1.82) is 0 Å². The Bertz CT molecular complexity index is 465. The van der Waals surface area contributed by atoms with Crippen molar-refractivity contribution in [2.45, 2.75) is 45.3 Å². The predicted molar refractivity (Wildman–Crippen MR) is 72.3 cm³/mol. The van der Waals surface area contributed by atoms with Crippen LogP contribution in [0.25, 0.3) is 0 Å². The van der Waals surface area contributed by atoms with Crippen molar-refractivity contribution < 1.29 is 15.0 Å². The van der Waals surface area contributed by atoms with Gasteiger partial charge in [0.25, 0.3) is 0 Å². The number of hydrogen-bond donors (Lipinski definition) is 2. The fourth-order valence-corrected chi connectivity index (χ4v) is 4.40. The quantitative estimate of drug-likeness (QED) is 0.655. The molecule has 0 aliphatic heterocycles. The molecule has 2 N–H and O–H groups in total. The van der Waals surface area contributed by atoms with E-state index in [2.05, 4.69) is 0 Å². The molecule has 104 valence electrons. The lowest BCUT2D eigenvalue weighted by atomic mass is 9.58. The summed E-state index contributed by atoms with van der Waals surface area (Å²) in [4.78, 5) is 12.9. The van der Waals surface area contributed by atoms with E-state index in [0.717, 1.165) is 12.0 Å². The van der Waals surface area contributed by atoms with Gasteiger partial charge in [0.05, 0.1) is 12.2 Å². The number of hydrogen-bond acceptors (Lipinski definition) is 3. The lowest BCUT2D eigenvalue weighted by molar-refractivity contribution is -0.140. The molecule has 0 aromatic carbocycles. The van der Waals surface area contributed by atoms with E-state index in [9.17, 15) is 15.0 Å². The average Bonchev–Trinajstić information content (AvgIpc) is 2.64. The number of aliphatic hydroxyl groups is 2. The molecule has 1 fully saturated rings. The summed E-state index contributed by atoms with van der Waals surface area (Å²) in [7, 11) is 0. The molecule has 1 spiro atoms. The van der Waals surface area contributed by atoms with Crippen LogP contribution in [0, 0.1) is 23.2 Å². The smallest absolute Gasteiger partial charge is 0.143 e. The molecule has 3 unspecified atom stereocenters. The Labute approximate surface area is 114 Å². The minimum Gasteiger partial charge on any atom is -0.392 e. The highest BCUT2D eigenvalue weighted by molar-refractivity contribution is 5.89. The monoisotopic (exact) mass is 262 g/mol. The third-order valence-corrected chi connectivity index (χ3v) is 5.45. The van der Waals surface area contributed by atoms with E-state index in [4.69, 9.17) is 0 Å². The average molecular weight is 262 g/mol. The van der Waals surface area contributed by atoms with Gasteiger partial charge < -0.3 is 10.2 Å². The van der Waals surface area contributed by atoms with E-state index in [1.54, 1.807) is 0 Å². The van der Waals surface area contributed by atoms with E-state index in [0.29, 0.717) is 12.8 Å².